The predicted molar refractivity (Wildman–Crippen MR) is 143 cm³/mol. The van der Waals surface area contributed by atoms with Gasteiger partial charge in [-0.3, -0.25) is 9.69 Å². The minimum atomic E-state index is -0.517. The van der Waals surface area contributed by atoms with Crippen LogP contribution in [0.15, 0.2) is 72.8 Å². The Kier molecular flexibility index (Phi) is 5.21. The number of carbonyl (C=O) groups excluding carboxylic acids is 1. The summed E-state index contributed by atoms with van der Waals surface area (Å²) in [6.07, 6.45) is 3.10. The van der Waals surface area contributed by atoms with E-state index in [1.165, 1.54) is 28.9 Å². The zero-order valence-electron chi connectivity index (χ0n) is 21.4. The first kappa shape index (κ1) is 23.3. The predicted octanol–water partition coefficient (Wildman–Crippen LogP) is 7.57. The van der Waals surface area contributed by atoms with Crippen molar-refractivity contribution >= 4 is 22.9 Å². The van der Waals surface area contributed by atoms with E-state index in [0.717, 1.165) is 23.2 Å². The van der Waals surface area contributed by atoms with Crippen LogP contribution < -0.4 is 10.2 Å². The minimum Gasteiger partial charge on any atom is -0.380 e. The number of benzene rings is 3. The van der Waals surface area contributed by atoms with E-state index in [1.807, 2.05) is 18.7 Å². The van der Waals surface area contributed by atoms with Crippen LogP contribution in [0.25, 0.3) is 5.57 Å². The van der Waals surface area contributed by atoms with Crippen molar-refractivity contribution in [2.45, 2.75) is 64.5 Å². The molecule has 0 saturated heterocycles. The average molecular weight is 469 g/mol. The lowest BCUT2D eigenvalue weighted by Gasteiger charge is -2.47. The molecular formula is C31H33FN2O. The van der Waals surface area contributed by atoms with Crippen LogP contribution in [0, 0.1) is 5.82 Å². The van der Waals surface area contributed by atoms with Gasteiger partial charge in [0.05, 0.1) is 11.2 Å². The number of para-hydroxylation sites is 1. The lowest BCUT2D eigenvalue weighted by molar-refractivity contribution is 0.0970. The number of rotatable bonds is 2. The Bertz CT molecular complexity index is 1350. The summed E-state index contributed by atoms with van der Waals surface area (Å²) in [5, 5.41) is 3.70. The van der Waals surface area contributed by atoms with E-state index in [1.54, 1.807) is 12.1 Å². The molecule has 0 radical (unpaired) electrons. The van der Waals surface area contributed by atoms with Crippen LogP contribution in [-0.2, 0) is 5.41 Å². The summed E-state index contributed by atoms with van der Waals surface area (Å²) in [5.74, 6) is -0.481. The summed E-state index contributed by atoms with van der Waals surface area (Å²) < 4.78 is 13.5. The summed E-state index contributed by atoms with van der Waals surface area (Å²) in [6, 6.07) is 20.9. The molecule has 1 atom stereocenters. The quantitative estimate of drug-likeness (QED) is 0.421. The third kappa shape index (κ3) is 3.85. The second kappa shape index (κ2) is 7.81. The molecule has 180 valence electrons. The molecule has 3 nitrogen and oxygen atoms in total. The highest BCUT2D eigenvalue weighted by Gasteiger charge is 2.43. The van der Waals surface area contributed by atoms with E-state index in [2.05, 4.69) is 81.6 Å². The number of fused-ring (bicyclic) bond motifs is 2. The number of nitrogens with zero attached hydrogens (tertiary/aromatic N) is 1. The zero-order chi connectivity index (χ0) is 25.2. The molecule has 2 aliphatic rings. The largest absolute Gasteiger partial charge is 0.380 e. The molecule has 2 heterocycles. The van der Waals surface area contributed by atoms with Crippen molar-refractivity contribution in [3.63, 3.8) is 0 Å². The van der Waals surface area contributed by atoms with Gasteiger partial charge in [0, 0.05) is 27.8 Å². The van der Waals surface area contributed by atoms with E-state index in [0.29, 0.717) is 5.56 Å². The zero-order valence-corrected chi connectivity index (χ0v) is 21.4. The van der Waals surface area contributed by atoms with Crippen molar-refractivity contribution in [2.24, 2.45) is 0 Å². The molecule has 5 rings (SSSR count). The van der Waals surface area contributed by atoms with E-state index in [9.17, 15) is 9.18 Å². The van der Waals surface area contributed by atoms with Gasteiger partial charge >= 0.3 is 0 Å². The summed E-state index contributed by atoms with van der Waals surface area (Å²) in [6.45, 7) is 13.0. The van der Waals surface area contributed by atoms with Gasteiger partial charge in [-0.05, 0) is 100 Å². The molecule has 3 aromatic rings. The summed E-state index contributed by atoms with van der Waals surface area (Å²) in [5.41, 5.74) is 6.52. The van der Waals surface area contributed by atoms with Gasteiger partial charge in [-0.25, -0.2) is 4.39 Å². The number of hydrogen-bond donors (Lipinski definition) is 1. The average Bonchev–Trinajstić information content (AvgIpc) is 2.78. The van der Waals surface area contributed by atoms with Crippen molar-refractivity contribution < 1.29 is 9.18 Å². The van der Waals surface area contributed by atoms with Crippen molar-refractivity contribution in [1.29, 1.82) is 0 Å². The lowest BCUT2D eigenvalue weighted by atomic mass is 9.65. The summed E-state index contributed by atoms with van der Waals surface area (Å²) in [4.78, 5) is 15.5. The Hall–Kier alpha value is -3.40. The molecule has 2 aliphatic heterocycles. The van der Waals surface area contributed by atoms with Crippen molar-refractivity contribution in [3.8, 4) is 0 Å². The highest BCUT2D eigenvalue weighted by Crippen LogP contribution is 2.49. The molecule has 1 unspecified atom stereocenters. The number of allylic oxidation sites excluding steroid dienone is 1. The van der Waals surface area contributed by atoms with Crippen LogP contribution in [0.4, 0.5) is 15.8 Å². The fourth-order valence-corrected chi connectivity index (χ4v) is 6.18. The topological polar surface area (TPSA) is 32.3 Å². The van der Waals surface area contributed by atoms with Crippen LogP contribution in [0.2, 0.25) is 0 Å². The maximum absolute atomic E-state index is 13.7. The monoisotopic (exact) mass is 468 g/mol. The first-order valence-corrected chi connectivity index (χ1v) is 12.2. The Morgan fingerprint density at radius 1 is 0.943 bits per heavy atom. The van der Waals surface area contributed by atoms with Gasteiger partial charge in [-0.2, -0.15) is 0 Å². The number of carbonyl (C=O) groups is 1. The molecule has 0 bridgehead atoms. The molecular weight excluding hydrogens is 435 g/mol. The Morgan fingerprint density at radius 3 is 2.34 bits per heavy atom. The van der Waals surface area contributed by atoms with E-state index in [4.69, 9.17) is 0 Å². The van der Waals surface area contributed by atoms with Gasteiger partial charge < -0.3 is 5.32 Å². The molecule has 0 saturated carbocycles. The molecule has 35 heavy (non-hydrogen) atoms. The number of halogens is 1. The molecule has 0 aliphatic carbocycles. The highest BCUT2D eigenvalue weighted by molar-refractivity contribution is 6.09. The van der Waals surface area contributed by atoms with Crippen LogP contribution in [0.3, 0.4) is 0 Å². The Balaban J connectivity index is 1.64. The van der Waals surface area contributed by atoms with E-state index >= 15 is 0 Å². The van der Waals surface area contributed by atoms with Gasteiger partial charge in [0.25, 0.3) is 5.91 Å². The Morgan fingerprint density at radius 2 is 1.63 bits per heavy atom. The molecule has 4 heteroatoms. The smallest absolute Gasteiger partial charge is 0.259 e. The van der Waals surface area contributed by atoms with Crippen LogP contribution in [-0.4, -0.2) is 17.0 Å². The fourth-order valence-electron chi connectivity index (χ4n) is 6.18. The maximum Gasteiger partial charge on any atom is 0.259 e. The van der Waals surface area contributed by atoms with Gasteiger partial charge in [-0.1, -0.05) is 37.3 Å². The number of hydrogen-bond acceptors (Lipinski definition) is 2. The minimum absolute atomic E-state index is 0.0591. The SMILES string of the molecule is CC1=CC(C)(C)N(C(=O)c2ccc(F)cc2)c2ccc(C3(C)CC(C)(C)Nc4ccccc43)cc21. The van der Waals surface area contributed by atoms with E-state index in [-0.39, 0.29) is 22.7 Å². The molecule has 3 aromatic carbocycles. The second-order valence-corrected chi connectivity index (χ2v) is 11.4. The standard InChI is InChI=1S/C31H33FN2O/c1-20-18-30(4,5)34(28(35)21-11-14-23(32)15-12-21)27-16-13-22(17-24(20)27)31(6)19-29(2,3)33-26-10-8-7-9-25(26)31/h7-18,33H,19H2,1-6H3. The van der Waals surface area contributed by atoms with Crippen molar-refractivity contribution in [2.75, 3.05) is 10.2 Å². The molecule has 0 fully saturated rings. The lowest BCUT2D eigenvalue weighted by Crippen LogP contribution is -2.49. The number of amides is 1. The van der Waals surface area contributed by atoms with Crippen LogP contribution >= 0.6 is 0 Å². The van der Waals surface area contributed by atoms with Crippen molar-refractivity contribution in [1.82, 2.24) is 0 Å². The molecule has 1 amide bonds. The molecule has 1 N–H and O–H groups in total. The van der Waals surface area contributed by atoms with Gasteiger partial charge in [0.15, 0.2) is 0 Å². The number of nitrogens with one attached hydrogen (secondary N) is 1. The molecule has 0 spiro atoms. The van der Waals surface area contributed by atoms with Crippen molar-refractivity contribution in [3.05, 3.63) is 101 Å². The fraction of sp³-hybridized carbons (Fsp3) is 0.323. The Labute approximate surface area is 207 Å². The first-order chi connectivity index (χ1) is 16.4. The van der Waals surface area contributed by atoms with E-state index < -0.39 is 5.54 Å². The van der Waals surface area contributed by atoms with Gasteiger partial charge in [0.2, 0.25) is 0 Å². The second-order valence-electron chi connectivity index (χ2n) is 11.4. The van der Waals surface area contributed by atoms with Gasteiger partial charge in [-0.15, -0.1) is 0 Å². The van der Waals surface area contributed by atoms with Gasteiger partial charge in [0.1, 0.15) is 5.82 Å². The third-order valence-electron chi connectivity index (χ3n) is 7.53. The number of anilines is 2. The van der Waals surface area contributed by atoms with Crippen LogP contribution in [0.5, 0.6) is 0 Å². The normalized spacial score (nSPS) is 21.9. The highest BCUT2D eigenvalue weighted by atomic mass is 19.1. The maximum atomic E-state index is 13.7. The first-order valence-electron chi connectivity index (χ1n) is 12.2. The third-order valence-corrected chi connectivity index (χ3v) is 7.53. The molecule has 0 aromatic heterocycles. The van der Waals surface area contributed by atoms with Crippen LogP contribution in [0.1, 0.15) is 75.0 Å². The summed E-state index contributed by atoms with van der Waals surface area (Å²) >= 11 is 0. The summed E-state index contributed by atoms with van der Waals surface area (Å²) in [7, 11) is 0.